The van der Waals surface area contributed by atoms with Crippen molar-refractivity contribution in [3.63, 3.8) is 0 Å². The molecule has 0 aromatic rings. The van der Waals surface area contributed by atoms with Gasteiger partial charge in [0, 0.05) is 12.6 Å². The molecule has 4 nitrogen and oxygen atoms in total. The SMILES string of the molecule is CC1CCC(NCC(C(N)=NO)C(F)(F)F)C(C)C1. The third kappa shape index (κ3) is 4.56. The Morgan fingerprint density at radius 1 is 1.42 bits per heavy atom. The number of nitrogens with one attached hydrogen (secondary N) is 1. The predicted octanol–water partition coefficient (Wildman–Crippen LogP) is 2.33. The van der Waals surface area contributed by atoms with Crippen LogP contribution in [0.5, 0.6) is 0 Å². The number of amidine groups is 1. The van der Waals surface area contributed by atoms with Gasteiger partial charge in [0.05, 0.1) is 0 Å². The molecule has 0 aliphatic heterocycles. The smallest absolute Gasteiger partial charge is 0.400 e. The van der Waals surface area contributed by atoms with E-state index in [1.807, 2.05) is 6.92 Å². The molecule has 0 heterocycles. The van der Waals surface area contributed by atoms with Gasteiger partial charge in [0.2, 0.25) is 0 Å². The minimum Gasteiger partial charge on any atom is -0.409 e. The number of alkyl halides is 3. The van der Waals surface area contributed by atoms with Crippen LogP contribution >= 0.6 is 0 Å². The summed E-state index contributed by atoms with van der Waals surface area (Å²) in [6, 6.07) is 0.0625. The summed E-state index contributed by atoms with van der Waals surface area (Å²) in [4.78, 5) is 0. The molecule has 4 N–H and O–H groups in total. The van der Waals surface area contributed by atoms with Crippen LogP contribution in [0, 0.1) is 17.8 Å². The topological polar surface area (TPSA) is 70.6 Å². The van der Waals surface area contributed by atoms with E-state index in [0.717, 1.165) is 19.3 Å². The van der Waals surface area contributed by atoms with E-state index in [1.165, 1.54) is 0 Å². The van der Waals surface area contributed by atoms with Crippen molar-refractivity contribution in [3.05, 3.63) is 0 Å². The zero-order valence-electron chi connectivity index (χ0n) is 11.2. The highest BCUT2D eigenvalue weighted by Crippen LogP contribution is 2.30. The van der Waals surface area contributed by atoms with Crippen molar-refractivity contribution in [2.75, 3.05) is 6.54 Å². The number of nitrogens with two attached hydrogens (primary N) is 1. The average molecular weight is 281 g/mol. The van der Waals surface area contributed by atoms with Gasteiger partial charge in [-0.05, 0) is 31.1 Å². The number of halogens is 3. The molecule has 0 aromatic carbocycles. The van der Waals surface area contributed by atoms with Crippen molar-refractivity contribution in [1.29, 1.82) is 0 Å². The maximum absolute atomic E-state index is 12.8. The third-order valence-electron chi connectivity index (χ3n) is 3.88. The molecule has 4 atom stereocenters. The zero-order valence-corrected chi connectivity index (χ0v) is 11.2. The van der Waals surface area contributed by atoms with Crippen LogP contribution in [0.15, 0.2) is 5.16 Å². The van der Waals surface area contributed by atoms with E-state index in [1.54, 1.807) is 0 Å². The molecule has 19 heavy (non-hydrogen) atoms. The first kappa shape index (κ1) is 16.1. The van der Waals surface area contributed by atoms with Crippen LogP contribution < -0.4 is 11.1 Å². The molecule has 0 radical (unpaired) electrons. The first-order valence-electron chi connectivity index (χ1n) is 6.53. The second kappa shape index (κ2) is 6.45. The van der Waals surface area contributed by atoms with Gasteiger partial charge < -0.3 is 16.3 Å². The molecule has 1 aliphatic rings. The Bertz CT molecular complexity index is 320. The lowest BCUT2D eigenvalue weighted by Crippen LogP contribution is -2.48. The summed E-state index contributed by atoms with van der Waals surface area (Å²) in [7, 11) is 0. The molecule has 112 valence electrons. The molecule has 1 fully saturated rings. The molecule has 1 saturated carbocycles. The van der Waals surface area contributed by atoms with Crippen molar-refractivity contribution in [2.45, 2.75) is 45.3 Å². The summed E-state index contributed by atoms with van der Waals surface area (Å²) in [5, 5.41) is 13.8. The predicted molar refractivity (Wildman–Crippen MR) is 66.9 cm³/mol. The van der Waals surface area contributed by atoms with Crippen molar-refractivity contribution >= 4 is 5.84 Å². The molecular weight excluding hydrogens is 259 g/mol. The summed E-state index contributed by atoms with van der Waals surface area (Å²) in [5.41, 5.74) is 5.12. The van der Waals surface area contributed by atoms with E-state index in [9.17, 15) is 13.2 Å². The van der Waals surface area contributed by atoms with Gasteiger partial charge in [0.1, 0.15) is 5.92 Å². The standard InChI is InChI=1S/C12H22F3N3O/c1-7-3-4-10(8(2)5-7)17-6-9(11(16)18-19)12(13,14)15/h7-10,17,19H,3-6H2,1-2H3,(H2,16,18). The molecule has 0 bridgehead atoms. The van der Waals surface area contributed by atoms with E-state index in [4.69, 9.17) is 10.9 Å². The van der Waals surface area contributed by atoms with Crippen LogP contribution in [0.1, 0.15) is 33.1 Å². The number of hydrogen-bond acceptors (Lipinski definition) is 3. The fourth-order valence-corrected chi connectivity index (χ4v) is 2.70. The zero-order chi connectivity index (χ0) is 14.6. The van der Waals surface area contributed by atoms with Crippen LogP contribution in [0.3, 0.4) is 0 Å². The molecule has 0 saturated heterocycles. The molecule has 0 spiro atoms. The molecule has 7 heteroatoms. The minimum atomic E-state index is -4.51. The second-order valence-electron chi connectivity index (χ2n) is 5.53. The summed E-state index contributed by atoms with van der Waals surface area (Å²) >= 11 is 0. The Hall–Kier alpha value is -0.980. The van der Waals surface area contributed by atoms with Crippen LogP contribution in [0.4, 0.5) is 13.2 Å². The highest BCUT2D eigenvalue weighted by atomic mass is 19.4. The van der Waals surface area contributed by atoms with E-state index in [0.29, 0.717) is 11.8 Å². The van der Waals surface area contributed by atoms with Gasteiger partial charge in [0.15, 0.2) is 5.84 Å². The fourth-order valence-electron chi connectivity index (χ4n) is 2.70. The maximum atomic E-state index is 12.8. The molecule has 1 rings (SSSR count). The van der Waals surface area contributed by atoms with Gasteiger partial charge >= 0.3 is 6.18 Å². The lowest BCUT2D eigenvalue weighted by atomic mass is 9.80. The van der Waals surface area contributed by atoms with Gasteiger partial charge in [-0.2, -0.15) is 13.2 Å². The maximum Gasteiger partial charge on any atom is 0.400 e. The fraction of sp³-hybridized carbons (Fsp3) is 0.917. The molecule has 1 aliphatic carbocycles. The van der Waals surface area contributed by atoms with Gasteiger partial charge in [0.25, 0.3) is 0 Å². The van der Waals surface area contributed by atoms with Gasteiger partial charge in [-0.25, -0.2) is 0 Å². The molecule has 0 amide bonds. The molecule has 4 unspecified atom stereocenters. The van der Waals surface area contributed by atoms with Gasteiger partial charge in [-0.3, -0.25) is 0 Å². The van der Waals surface area contributed by atoms with E-state index < -0.39 is 17.9 Å². The van der Waals surface area contributed by atoms with Crippen molar-refractivity contribution in [1.82, 2.24) is 5.32 Å². The number of hydrogen-bond donors (Lipinski definition) is 3. The lowest BCUT2D eigenvalue weighted by molar-refractivity contribution is -0.155. The Morgan fingerprint density at radius 2 is 2.05 bits per heavy atom. The summed E-state index contributed by atoms with van der Waals surface area (Å²) < 4.78 is 38.3. The van der Waals surface area contributed by atoms with Crippen molar-refractivity contribution in [3.8, 4) is 0 Å². The third-order valence-corrected chi connectivity index (χ3v) is 3.88. The quantitative estimate of drug-likeness (QED) is 0.320. The Morgan fingerprint density at radius 3 is 2.53 bits per heavy atom. The van der Waals surface area contributed by atoms with Crippen molar-refractivity contribution < 1.29 is 18.4 Å². The second-order valence-corrected chi connectivity index (χ2v) is 5.53. The van der Waals surface area contributed by atoms with Crippen LogP contribution in [-0.4, -0.2) is 29.8 Å². The first-order chi connectivity index (χ1) is 8.75. The minimum absolute atomic E-state index is 0.0625. The summed E-state index contributed by atoms with van der Waals surface area (Å²) in [5.74, 6) is -1.78. The lowest BCUT2D eigenvalue weighted by Gasteiger charge is -2.34. The largest absolute Gasteiger partial charge is 0.409 e. The number of nitrogens with zero attached hydrogens (tertiary/aromatic N) is 1. The van der Waals surface area contributed by atoms with Gasteiger partial charge in [-0.1, -0.05) is 19.0 Å². The van der Waals surface area contributed by atoms with Crippen LogP contribution in [-0.2, 0) is 0 Å². The summed E-state index contributed by atoms with van der Waals surface area (Å²) in [6.07, 6.45) is -1.61. The first-order valence-corrected chi connectivity index (χ1v) is 6.53. The van der Waals surface area contributed by atoms with E-state index in [-0.39, 0.29) is 12.6 Å². The summed E-state index contributed by atoms with van der Waals surface area (Å²) in [6.45, 7) is 3.85. The average Bonchev–Trinajstić information content (AvgIpc) is 2.29. The molecular formula is C12H22F3N3O. The highest BCUT2D eigenvalue weighted by molar-refractivity contribution is 5.83. The monoisotopic (exact) mass is 281 g/mol. The Balaban J connectivity index is 2.57. The van der Waals surface area contributed by atoms with Crippen LogP contribution in [0.2, 0.25) is 0 Å². The number of rotatable bonds is 4. The Kier molecular flexibility index (Phi) is 5.46. The van der Waals surface area contributed by atoms with Crippen molar-refractivity contribution in [2.24, 2.45) is 28.6 Å². The Labute approximate surface area is 111 Å². The van der Waals surface area contributed by atoms with Crippen LogP contribution in [0.25, 0.3) is 0 Å². The van der Waals surface area contributed by atoms with E-state index in [2.05, 4.69) is 17.4 Å². The highest BCUT2D eigenvalue weighted by Gasteiger charge is 2.43. The van der Waals surface area contributed by atoms with E-state index >= 15 is 0 Å². The number of oxime groups is 1. The normalized spacial score (nSPS) is 31.2. The van der Waals surface area contributed by atoms with Gasteiger partial charge in [-0.15, -0.1) is 0 Å². The molecule has 0 aromatic heterocycles.